The lowest BCUT2D eigenvalue weighted by atomic mass is 9.96. The summed E-state index contributed by atoms with van der Waals surface area (Å²) in [6, 6.07) is 14.5. The predicted octanol–water partition coefficient (Wildman–Crippen LogP) is 4.43. The van der Waals surface area contributed by atoms with Crippen LogP contribution >= 0.6 is 11.6 Å². The Balaban J connectivity index is 2.34. The predicted molar refractivity (Wildman–Crippen MR) is 102 cm³/mol. The second kappa shape index (κ2) is 6.95. The number of carbonyl (C=O) groups is 1. The van der Waals surface area contributed by atoms with Crippen LogP contribution in [0.25, 0.3) is 22.4 Å². The van der Waals surface area contributed by atoms with Crippen LogP contribution in [0, 0.1) is 18.3 Å². The van der Waals surface area contributed by atoms with Crippen molar-refractivity contribution in [2.45, 2.75) is 13.8 Å². The molecule has 0 fully saturated rings. The highest BCUT2D eigenvalue weighted by molar-refractivity contribution is 6.29. The van der Waals surface area contributed by atoms with Crippen LogP contribution in [0.1, 0.15) is 28.5 Å². The Morgan fingerprint density at radius 1 is 1.15 bits per heavy atom. The van der Waals surface area contributed by atoms with Gasteiger partial charge in [0.25, 0.3) is 0 Å². The minimum Gasteiger partial charge on any atom is -0.383 e. The number of ketones is 1. The lowest BCUT2D eigenvalue weighted by Gasteiger charge is -2.14. The number of anilines is 1. The number of aryl methyl sites for hydroxylation is 1. The van der Waals surface area contributed by atoms with E-state index in [0.717, 1.165) is 16.8 Å². The van der Waals surface area contributed by atoms with E-state index in [1.807, 2.05) is 19.1 Å². The van der Waals surface area contributed by atoms with E-state index < -0.39 is 0 Å². The zero-order chi connectivity index (χ0) is 18.8. The van der Waals surface area contributed by atoms with Crippen LogP contribution < -0.4 is 5.73 Å². The van der Waals surface area contributed by atoms with Gasteiger partial charge in [0.2, 0.25) is 0 Å². The molecule has 0 aliphatic carbocycles. The molecule has 0 saturated heterocycles. The van der Waals surface area contributed by atoms with E-state index in [4.69, 9.17) is 17.3 Å². The average Bonchev–Trinajstić information content (AvgIpc) is 2.60. The van der Waals surface area contributed by atoms with Crippen molar-refractivity contribution >= 4 is 23.2 Å². The van der Waals surface area contributed by atoms with Gasteiger partial charge in [-0.05, 0) is 49.7 Å². The largest absolute Gasteiger partial charge is 0.383 e. The van der Waals surface area contributed by atoms with Gasteiger partial charge in [0.15, 0.2) is 5.78 Å². The third kappa shape index (κ3) is 3.41. The van der Waals surface area contributed by atoms with Gasteiger partial charge < -0.3 is 5.73 Å². The Morgan fingerprint density at radius 2 is 1.92 bits per heavy atom. The van der Waals surface area contributed by atoms with Gasteiger partial charge in [-0.3, -0.25) is 4.79 Å². The lowest BCUT2D eigenvalue weighted by molar-refractivity contribution is 0.101. The molecule has 0 saturated carbocycles. The number of nitrogens with two attached hydrogens (primary N) is 1. The summed E-state index contributed by atoms with van der Waals surface area (Å²) in [5.74, 6) is -0.0269. The number of hydrogen-bond acceptors (Lipinski definition) is 5. The highest BCUT2D eigenvalue weighted by Gasteiger charge is 2.17. The van der Waals surface area contributed by atoms with E-state index in [9.17, 15) is 10.1 Å². The minimum atomic E-state index is -0.176. The maximum atomic E-state index is 11.9. The molecule has 6 heteroatoms. The molecule has 3 aromatic rings. The van der Waals surface area contributed by atoms with E-state index in [2.05, 4.69) is 16.0 Å². The number of pyridine rings is 2. The molecule has 26 heavy (non-hydrogen) atoms. The molecule has 0 unspecified atom stereocenters. The molecule has 0 radical (unpaired) electrons. The zero-order valence-corrected chi connectivity index (χ0v) is 15.0. The molecule has 0 atom stereocenters. The molecule has 2 aromatic heterocycles. The Bertz CT molecular complexity index is 1050. The van der Waals surface area contributed by atoms with Gasteiger partial charge in [-0.1, -0.05) is 23.7 Å². The number of nitrogens with zero attached hydrogens (tertiary/aromatic N) is 3. The number of Topliss-reactive ketones (excluding diaryl/α,β-unsaturated/α-hetero) is 1. The highest BCUT2D eigenvalue weighted by atomic mass is 35.5. The van der Waals surface area contributed by atoms with Crippen LogP contribution in [0.15, 0.2) is 42.5 Å². The van der Waals surface area contributed by atoms with E-state index in [0.29, 0.717) is 27.5 Å². The Hall–Kier alpha value is -3.23. The summed E-state index contributed by atoms with van der Waals surface area (Å²) in [7, 11) is 0. The van der Waals surface area contributed by atoms with Crippen LogP contribution in [-0.2, 0) is 0 Å². The molecule has 0 spiro atoms. The van der Waals surface area contributed by atoms with E-state index in [-0.39, 0.29) is 11.6 Å². The van der Waals surface area contributed by atoms with Crippen molar-refractivity contribution < 1.29 is 4.79 Å². The molecule has 128 valence electrons. The number of halogens is 1. The Kier molecular flexibility index (Phi) is 4.70. The summed E-state index contributed by atoms with van der Waals surface area (Å²) in [5.41, 5.74) is 10.4. The lowest BCUT2D eigenvalue weighted by Crippen LogP contribution is -2.05. The van der Waals surface area contributed by atoms with E-state index >= 15 is 0 Å². The molecule has 0 aliphatic rings. The fourth-order valence-corrected chi connectivity index (χ4v) is 3.02. The molecule has 0 aliphatic heterocycles. The van der Waals surface area contributed by atoms with Crippen LogP contribution in [0.3, 0.4) is 0 Å². The first-order chi connectivity index (χ1) is 12.4. The SMILES string of the molecule is CC(=O)c1cc(-c2cc(C)nc(Cl)c2)c(-c2cccc(C#N)c2)nc1N. The quantitative estimate of drug-likeness (QED) is 0.549. The summed E-state index contributed by atoms with van der Waals surface area (Å²) in [4.78, 5) is 20.6. The van der Waals surface area contributed by atoms with E-state index in [1.165, 1.54) is 6.92 Å². The maximum Gasteiger partial charge on any atom is 0.163 e. The number of rotatable bonds is 3. The summed E-state index contributed by atoms with van der Waals surface area (Å²) >= 11 is 6.11. The second-order valence-corrected chi connectivity index (χ2v) is 6.27. The number of aromatic nitrogens is 2. The summed E-state index contributed by atoms with van der Waals surface area (Å²) in [6.45, 7) is 3.28. The summed E-state index contributed by atoms with van der Waals surface area (Å²) in [6.07, 6.45) is 0. The maximum absolute atomic E-state index is 11.9. The first-order valence-corrected chi connectivity index (χ1v) is 8.23. The standard InChI is InChI=1S/C20H15ClN4O/c1-11-6-15(8-18(21)24-11)17-9-16(12(2)26)20(23)25-19(17)14-5-3-4-13(7-14)10-22/h3-9H,1-2H3,(H2,23,25). The molecule has 2 heterocycles. The zero-order valence-electron chi connectivity index (χ0n) is 14.2. The molecule has 0 amide bonds. The van der Waals surface area contributed by atoms with Crippen LogP contribution in [0.2, 0.25) is 5.15 Å². The topological polar surface area (TPSA) is 92.7 Å². The third-order valence-corrected chi connectivity index (χ3v) is 4.12. The fraction of sp³-hybridized carbons (Fsp3) is 0.100. The van der Waals surface area contributed by atoms with Gasteiger partial charge >= 0.3 is 0 Å². The number of benzene rings is 1. The molecule has 1 aromatic carbocycles. The molecule has 2 N–H and O–H groups in total. The summed E-state index contributed by atoms with van der Waals surface area (Å²) < 4.78 is 0. The first kappa shape index (κ1) is 17.6. The van der Waals surface area contributed by atoms with Gasteiger partial charge in [-0.25, -0.2) is 9.97 Å². The van der Waals surface area contributed by atoms with Crippen molar-refractivity contribution in [3.63, 3.8) is 0 Å². The van der Waals surface area contributed by atoms with Crippen LogP contribution in [0.4, 0.5) is 5.82 Å². The number of nitriles is 1. The van der Waals surface area contributed by atoms with Gasteiger partial charge in [0, 0.05) is 16.8 Å². The average molecular weight is 363 g/mol. The van der Waals surface area contributed by atoms with Crippen molar-refractivity contribution in [3.8, 4) is 28.5 Å². The number of carbonyl (C=O) groups excluding carboxylic acids is 1. The molecular formula is C20H15ClN4O. The monoisotopic (exact) mass is 362 g/mol. The summed E-state index contributed by atoms with van der Waals surface area (Å²) in [5, 5.41) is 9.52. The van der Waals surface area contributed by atoms with Crippen LogP contribution in [-0.4, -0.2) is 15.8 Å². The number of hydrogen-bond donors (Lipinski definition) is 1. The minimum absolute atomic E-state index is 0.149. The van der Waals surface area contributed by atoms with E-state index in [1.54, 1.807) is 30.3 Å². The second-order valence-electron chi connectivity index (χ2n) is 5.89. The number of nitrogen functional groups attached to an aromatic ring is 1. The van der Waals surface area contributed by atoms with Crippen LogP contribution in [0.5, 0.6) is 0 Å². The van der Waals surface area contributed by atoms with Gasteiger partial charge in [-0.15, -0.1) is 0 Å². The van der Waals surface area contributed by atoms with Crippen molar-refractivity contribution in [1.29, 1.82) is 5.26 Å². The van der Waals surface area contributed by atoms with Crippen molar-refractivity contribution in [2.75, 3.05) is 5.73 Å². The van der Waals surface area contributed by atoms with Crippen molar-refractivity contribution in [1.82, 2.24) is 9.97 Å². The Morgan fingerprint density at radius 3 is 2.58 bits per heavy atom. The molecule has 3 rings (SSSR count). The molecular weight excluding hydrogens is 348 g/mol. The smallest absolute Gasteiger partial charge is 0.163 e. The third-order valence-electron chi connectivity index (χ3n) is 3.93. The fourth-order valence-electron chi connectivity index (χ4n) is 2.77. The van der Waals surface area contributed by atoms with Gasteiger partial charge in [0.05, 0.1) is 22.9 Å². The van der Waals surface area contributed by atoms with Gasteiger partial charge in [-0.2, -0.15) is 5.26 Å². The first-order valence-electron chi connectivity index (χ1n) is 7.85. The molecule has 5 nitrogen and oxygen atoms in total. The highest BCUT2D eigenvalue weighted by Crippen LogP contribution is 2.34. The van der Waals surface area contributed by atoms with Crippen molar-refractivity contribution in [3.05, 3.63) is 64.4 Å². The Labute approximate surface area is 156 Å². The van der Waals surface area contributed by atoms with Gasteiger partial charge in [0.1, 0.15) is 11.0 Å². The molecule has 0 bridgehead atoms. The normalized spacial score (nSPS) is 10.4. The van der Waals surface area contributed by atoms with Crippen molar-refractivity contribution in [2.24, 2.45) is 0 Å².